The van der Waals surface area contributed by atoms with E-state index in [0.717, 1.165) is 59.3 Å². The Kier molecular flexibility index (Phi) is 20.4. The fraction of sp³-hybridized carbons (Fsp3) is 0.304. The molecule has 13 nitrogen and oxygen atoms in total. The number of aromatic amines is 2. The molecule has 4 heterocycles. The van der Waals surface area contributed by atoms with Gasteiger partial charge in [-0.15, -0.1) is 0 Å². The second kappa shape index (κ2) is 26.8. The van der Waals surface area contributed by atoms with Crippen molar-refractivity contribution in [3.8, 4) is 23.0 Å². The Balaban J connectivity index is 0.000000163. The Morgan fingerprint density at radius 1 is 0.608 bits per heavy atom. The minimum absolute atomic E-state index is 0.0343. The molecule has 0 saturated heterocycles. The molecule has 394 valence electrons. The number of nitrogens with zero attached hydrogens (tertiary/aromatic N) is 2. The highest BCUT2D eigenvalue weighted by Gasteiger charge is 2.20. The van der Waals surface area contributed by atoms with Crippen molar-refractivity contribution in [2.75, 3.05) is 55.3 Å². The number of ether oxygens (including phenoxy) is 5. The second-order valence-corrected chi connectivity index (χ2v) is 17.5. The molecule has 0 unspecified atom stereocenters. The Morgan fingerprint density at radius 3 is 1.62 bits per heavy atom. The lowest BCUT2D eigenvalue weighted by Crippen LogP contribution is -2.16. The molecule has 0 aliphatic carbocycles. The lowest BCUT2D eigenvalue weighted by Gasteiger charge is -2.07. The molecule has 5 aromatic carbocycles. The molecule has 74 heavy (non-hydrogen) atoms. The molecular formula is C56H62BrF4N5O8. The van der Waals surface area contributed by atoms with Crippen molar-refractivity contribution in [3.05, 3.63) is 153 Å². The first-order valence-electron chi connectivity index (χ1n) is 23.9. The van der Waals surface area contributed by atoms with Gasteiger partial charge in [-0.05, 0) is 126 Å². The standard InChI is InChI=1S/C20H23FN2O.C13H16FNO2.C12H11BrFNO3.C11H12FNO2/c1-3-23-14-16(11-12-22-13-15-7-5-4-6-8-15)19-18(24-2)10-9-17(21)20(19)23;1-3-15-8-9(6-7-16)12-11(17-2)5-4-10(14)13(12)15;1-17-9(16)3-6-5-15-11-8(14)4-7(13)12(18-2)10(6)11;1-15-9-3-2-8(12)11-10(9)7(4-5-14)6-13-11/h4-10,14,22H,3,11-13H2,1-2H3;4-5,8,16H,3,6-7H2,1-2H3;4-5,15H,3H2,1-2H3;2-3,6,13-14H,4-5H2,1H3. The highest BCUT2D eigenvalue weighted by atomic mass is 79.9. The zero-order valence-corrected chi connectivity index (χ0v) is 44.0. The van der Waals surface area contributed by atoms with Gasteiger partial charge in [0, 0.05) is 79.2 Å². The quantitative estimate of drug-likeness (QED) is 0.0340. The number of carbonyl (C=O) groups excluding carboxylic acids is 1. The van der Waals surface area contributed by atoms with Crippen LogP contribution in [0.25, 0.3) is 43.6 Å². The number of hydrogen-bond donors (Lipinski definition) is 5. The summed E-state index contributed by atoms with van der Waals surface area (Å²) in [5.74, 6) is 0.932. The van der Waals surface area contributed by atoms with Gasteiger partial charge in [-0.25, -0.2) is 17.6 Å². The number of aryl methyl sites for hydroxylation is 2. The average Bonchev–Trinajstić information content (AvgIpc) is 4.22. The monoisotopic (exact) mass is 1090 g/mol. The minimum Gasteiger partial charge on any atom is -0.496 e. The van der Waals surface area contributed by atoms with Crippen LogP contribution in [0.2, 0.25) is 0 Å². The number of rotatable bonds is 17. The van der Waals surface area contributed by atoms with Gasteiger partial charge >= 0.3 is 5.97 Å². The van der Waals surface area contributed by atoms with Gasteiger partial charge in [-0.2, -0.15) is 0 Å². The summed E-state index contributed by atoms with van der Waals surface area (Å²) >= 11 is 3.24. The Labute approximate surface area is 435 Å². The maximum atomic E-state index is 14.3. The van der Waals surface area contributed by atoms with E-state index in [1.165, 1.54) is 44.0 Å². The minimum atomic E-state index is -0.409. The molecule has 4 aromatic heterocycles. The summed E-state index contributed by atoms with van der Waals surface area (Å²) in [6, 6.07) is 20.8. The zero-order chi connectivity index (χ0) is 53.5. The van der Waals surface area contributed by atoms with Crippen LogP contribution in [0.5, 0.6) is 23.0 Å². The molecule has 0 atom stereocenters. The number of H-pyrrole nitrogens is 2. The maximum absolute atomic E-state index is 14.3. The second-order valence-electron chi connectivity index (χ2n) is 16.7. The topological polar surface area (TPSA) is 157 Å². The summed E-state index contributed by atoms with van der Waals surface area (Å²) in [6.07, 6.45) is 9.08. The molecule has 0 bridgehead atoms. The lowest BCUT2D eigenvalue weighted by molar-refractivity contribution is -0.139. The smallest absolute Gasteiger partial charge is 0.310 e. The Bertz CT molecular complexity index is 3300. The number of fused-ring (bicyclic) bond motifs is 4. The van der Waals surface area contributed by atoms with Gasteiger partial charge in [-0.3, -0.25) is 4.79 Å². The van der Waals surface area contributed by atoms with Crippen LogP contribution >= 0.6 is 15.9 Å². The van der Waals surface area contributed by atoms with Gasteiger partial charge in [-0.1, -0.05) is 30.3 Å². The highest BCUT2D eigenvalue weighted by Crippen LogP contribution is 2.38. The van der Waals surface area contributed by atoms with Gasteiger partial charge in [0.05, 0.1) is 68.5 Å². The number of nitrogens with one attached hydrogen (secondary N) is 3. The normalized spacial score (nSPS) is 10.9. The first-order chi connectivity index (χ1) is 35.8. The SMILES string of the molecule is CCn1cc(CCNCc2ccccc2)c2c(OC)ccc(F)c21.CCn1cc(CCO)c2c(OC)ccc(F)c21.COC(=O)Cc1c[nH]c2c(F)cc(Br)c(OC)c12.COc1ccc(F)c2[nH]cc(CCO)c12. The first kappa shape index (κ1) is 56.3. The Hall–Kier alpha value is -6.99. The number of methoxy groups -OCH3 is 5. The van der Waals surface area contributed by atoms with Crippen LogP contribution in [-0.2, 0) is 54.8 Å². The van der Waals surface area contributed by atoms with Crippen molar-refractivity contribution in [1.29, 1.82) is 0 Å². The summed E-state index contributed by atoms with van der Waals surface area (Å²) in [5.41, 5.74) is 6.72. The van der Waals surface area contributed by atoms with E-state index in [9.17, 15) is 22.4 Å². The van der Waals surface area contributed by atoms with E-state index in [4.69, 9.17) is 29.2 Å². The van der Waals surface area contributed by atoms with Crippen molar-refractivity contribution >= 4 is 65.5 Å². The van der Waals surface area contributed by atoms with Gasteiger partial charge in [0.1, 0.15) is 46.3 Å². The fourth-order valence-electron chi connectivity index (χ4n) is 8.89. The lowest BCUT2D eigenvalue weighted by atomic mass is 10.1. The summed E-state index contributed by atoms with van der Waals surface area (Å²) in [5, 5.41) is 24.3. The van der Waals surface area contributed by atoms with Gasteiger partial charge < -0.3 is 58.3 Å². The van der Waals surface area contributed by atoms with Crippen molar-refractivity contribution < 1.29 is 56.3 Å². The molecule has 5 N–H and O–H groups in total. The first-order valence-corrected chi connectivity index (χ1v) is 24.7. The summed E-state index contributed by atoms with van der Waals surface area (Å²) < 4.78 is 85.4. The molecule has 0 aliphatic rings. The van der Waals surface area contributed by atoms with E-state index in [2.05, 4.69) is 48.1 Å². The van der Waals surface area contributed by atoms with E-state index >= 15 is 0 Å². The molecule has 18 heteroatoms. The van der Waals surface area contributed by atoms with Crippen LogP contribution in [-0.4, -0.2) is 90.6 Å². The number of carbonyl (C=O) groups is 1. The van der Waals surface area contributed by atoms with Crippen LogP contribution in [0, 0.1) is 23.3 Å². The third-order valence-corrected chi connectivity index (χ3v) is 12.9. The van der Waals surface area contributed by atoms with Crippen LogP contribution < -0.4 is 24.3 Å². The molecule has 0 amide bonds. The van der Waals surface area contributed by atoms with Gasteiger partial charge in [0.2, 0.25) is 0 Å². The van der Waals surface area contributed by atoms with E-state index in [1.54, 1.807) is 51.9 Å². The van der Waals surface area contributed by atoms with Crippen LogP contribution in [0.4, 0.5) is 17.6 Å². The van der Waals surface area contributed by atoms with Gasteiger partial charge in [0.15, 0.2) is 0 Å². The molecule has 0 fully saturated rings. The predicted molar refractivity (Wildman–Crippen MR) is 285 cm³/mol. The maximum Gasteiger partial charge on any atom is 0.310 e. The largest absolute Gasteiger partial charge is 0.496 e. The fourth-order valence-corrected chi connectivity index (χ4v) is 9.45. The highest BCUT2D eigenvalue weighted by molar-refractivity contribution is 9.10. The number of benzene rings is 5. The van der Waals surface area contributed by atoms with E-state index in [-0.39, 0.29) is 37.1 Å². The van der Waals surface area contributed by atoms with Crippen molar-refractivity contribution in [3.63, 3.8) is 0 Å². The third kappa shape index (κ3) is 12.7. The summed E-state index contributed by atoms with van der Waals surface area (Å²) in [6.45, 7) is 7.15. The van der Waals surface area contributed by atoms with Crippen LogP contribution in [0.1, 0.15) is 41.7 Å². The van der Waals surface area contributed by atoms with Crippen molar-refractivity contribution in [1.82, 2.24) is 24.4 Å². The number of halogens is 5. The number of aliphatic hydroxyl groups excluding tert-OH is 2. The molecule has 0 radical (unpaired) electrons. The molecule has 9 rings (SSSR count). The Morgan fingerprint density at radius 2 is 1.11 bits per heavy atom. The number of aliphatic hydroxyl groups is 2. The summed E-state index contributed by atoms with van der Waals surface area (Å²) in [7, 11) is 7.55. The number of hydrogen-bond acceptors (Lipinski definition) is 9. The number of aromatic nitrogens is 4. The van der Waals surface area contributed by atoms with E-state index in [1.807, 2.05) is 53.6 Å². The van der Waals surface area contributed by atoms with E-state index < -0.39 is 11.8 Å². The van der Waals surface area contributed by atoms with Crippen LogP contribution in [0.3, 0.4) is 0 Å². The van der Waals surface area contributed by atoms with Gasteiger partial charge in [0.25, 0.3) is 0 Å². The molecule has 0 aliphatic heterocycles. The van der Waals surface area contributed by atoms with Crippen molar-refractivity contribution in [2.24, 2.45) is 0 Å². The molecule has 9 aromatic rings. The number of esters is 1. The molecule has 0 saturated carbocycles. The van der Waals surface area contributed by atoms with E-state index in [0.29, 0.717) is 79.5 Å². The predicted octanol–water partition coefficient (Wildman–Crippen LogP) is 11.1. The average molecular weight is 1090 g/mol. The third-order valence-electron chi connectivity index (χ3n) is 12.4. The molecule has 0 spiro atoms. The van der Waals surface area contributed by atoms with Crippen molar-refractivity contribution in [2.45, 2.75) is 59.2 Å². The van der Waals surface area contributed by atoms with Crippen LogP contribution in [0.15, 0.2) is 102 Å². The summed E-state index contributed by atoms with van der Waals surface area (Å²) in [4.78, 5) is 17.0. The zero-order valence-electron chi connectivity index (χ0n) is 42.4. The molecular weight excluding hydrogens is 1030 g/mol.